The van der Waals surface area contributed by atoms with Crippen molar-refractivity contribution >= 4 is 12.0 Å². The van der Waals surface area contributed by atoms with Crippen molar-refractivity contribution in [2.24, 2.45) is 0 Å². The monoisotopic (exact) mass is 320 g/mol. The summed E-state index contributed by atoms with van der Waals surface area (Å²) in [6.07, 6.45) is 6.41. The van der Waals surface area contributed by atoms with Crippen molar-refractivity contribution in [3.8, 4) is 0 Å². The Morgan fingerprint density at radius 3 is 2.70 bits per heavy atom. The fraction of sp³-hybridized carbons (Fsp3) is 0.500. The van der Waals surface area contributed by atoms with E-state index in [0.717, 1.165) is 44.5 Å². The lowest BCUT2D eigenvalue weighted by Gasteiger charge is -2.29. The molecule has 2 N–H and O–H groups in total. The highest BCUT2D eigenvalue weighted by molar-refractivity contribution is 5.78. The van der Waals surface area contributed by atoms with E-state index < -0.39 is 0 Å². The second-order valence-electron chi connectivity index (χ2n) is 5.93. The van der Waals surface area contributed by atoms with Gasteiger partial charge in [0.05, 0.1) is 6.10 Å². The molecule has 4 nitrogen and oxygen atoms in total. The van der Waals surface area contributed by atoms with Crippen LogP contribution in [0.3, 0.4) is 0 Å². The molecule has 0 unspecified atom stereocenters. The van der Waals surface area contributed by atoms with Gasteiger partial charge in [-0.1, -0.05) is 24.3 Å². The lowest BCUT2D eigenvalue weighted by Crippen LogP contribution is -2.37. The summed E-state index contributed by atoms with van der Waals surface area (Å²) in [4.78, 5) is 14.0. The molecule has 1 amide bonds. The SMILES string of the molecule is O=C(CC=Cc1ccc(F)cc1)NCCCN1CCC(O)CC1. The molecule has 5 heteroatoms. The fourth-order valence-corrected chi connectivity index (χ4v) is 2.62. The van der Waals surface area contributed by atoms with E-state index in [-0.39, 0.29) is 17.8 Å². The Morgan fingerprint density at radius 1 is 1.30 bits per heavy atom. The molecule has 1 aliphatic rings. The number of halogens is 1. The minimum Gasteiger partial charge on any atom is -0.393 e. The van der Waals surface area contributed by atoms with Crippen LogP contribution in [0.4, 0.5) is 4.39 Å². The van der Waals surface area contributed by atoms with Crippen LogP contribution in [-0.4, -0.2) is 48.2 Å². The van der Waals surface area contributed by atoms with E-state index in [0.29, 0.717) is 13.0 Å². The summed E-state index contributed by atoms with van der Waals surface area (Å²) in [5.74, 6) is -0.263. The van der Waals surface area contributed by atoms with Crippen molar-refractivity contribution in [2.45, 2.75) is 31.8 Å². The van der Waals surface area contributed by atoms with Gasteiger partial charge in [-0.2, -0.15) is 0 Å². The van der Waals surface area contributed by atoms with Crippen LogP contribution in [0, 0.1) is 5.82 Å². The van der Waals surface area contributed by atoms with Gasteiger partial charge in [0.2, 0.25) is 5.91 Å². The van der Waals surface area contributed by atoms with E-state index in [1.807, 2.05) is 6.08 Å². The summed E-state index contributed by atoms with van der Waals surface area (Å²) >= 11 is 0. The molecule has 1 aromatic carbocycles. The summed E-state index contributed by atoms with van der Waals surface area (Å²) in [7, 11) is 0. The maximum Gasteiger partial charge on any atom is 0.223 e. The molecule has 2 rings (SSSR count). The second kappa shape index (κ2) is 9.43. The summed E-state index contributed by atoms with van der Waals surface area (Å²) in [6.45, 7) is 3.51. The molecular formula is C18H25FN2O2. The molecule has 0 aliphatic carbocycles. The predicted molar refractivity (Wildman–Crippen MR) is 89.4 cm³/mol. The van der Waals surface area contributed by atoms with Gasteiger partial charge in [0.15, 0.2) is 0 Å². The Labute approximate surface area is 137 Å². The zero-order valence-electron chi connectivity index (χ0n) is 13.4. The topological polar surface area (TPSA) is 52.6 Å². The van der Waals surface area contributed by atoms with Crippen LogP contribution >= 0.6 is 0 Å². The van der Waals surface area contributed by atoms with E-state index in [2.05, 4.69) is 10.2 Å². The third kappa shape index (κ3) is 6.93. The largest absolute Gasteiger partial charge is 0.393 e. The molecular weight excluding hydrogens is 295 g/mol. The van der Waals surface area contributed by atoms with Gasteiger partial charge in [-0.15, -0.1) is 0 Å². The van der Waals surface area contributed by atoms with Crippen molar-refractivity contribution in [1.82, 2.24) is 10.2 Å². The van der Waals surface area contributed by atoms with Crippen molar-refractivity contribution < 1.29 is 14.3 Å². The van der Waals surface area contributed by atoms with Gasteiger partial charge < -0.3 is 15.3 Å². The maximum absolute atomic E-state index is 12.8. The minimum atomic E-state index is -0.261. The van der Waals surface area contributed by atoms with E-state index in [9.17, 15) is 14.3 Å². The summed E-state index contributed by atoms with van der Waals surface area (Å²) in [5.41, 5.74) is 0.881. The first-order valence-electron chi connectivity index (χ1n) is 8.23. The molecule has 0 aromatic heterocycles. The number of benzene rings is 1. The maximum atomic E-state index is 12.8. The average Bonchev–Trinajstić information content (AvgIpc) is 2.55. The van der Waals surface area contributed by atoms with E-state index in [4.69, 9.17) is 0 Å². The molecule has 23 heavy (non-hydrogen) atoms. The van der Waals surface area contributed by atoms with Crippen LogP contribution < -0.4 is 5.32 Å². The molecule has 0 atom stereocenters. The Kier molecular flexibility index (Phi) is 7.23. The molecule has 1 fully saturated rings. The second-order valence-corrected chi connectivity index (χ2v) is 5.93. The van der Waals surface area contributed by atoms with Crippen molar-refractivity contribution in [2.75, 3.05) is 26.2 Å². The Balaban J connectivity index is 1.55. The number of aliphatic hydroxyl groups is 1. The van der Waals surface area contributed by atoms with Crippen molar-refractivity contribution in [3.63, 3.8) is 0 Å². The first-order chi connectivity index (χ1) is 11.1. The van der Waals surface area contributed by atoms with Crippen molar-refractivity contribution in [1.29, 1.82) is 0 Å². The van der Waals surface area contributed by atoms with Crippen LogP contribution in [0.25, 0.3) is 6.08 Å². The molecule has 0 spiro atoms. The van der Waals surface area contributed by atoms with Gasteiger partial charge in [-0.05, 0) is 43.5 Å². The number of aliphatic hydroxyl groups excluding tert-OH is 1. The quantitative estimate of drug-likeness (QED) is 0.757. The zero-order valence-corrected chi connectivity index (χ0v) is 13.4. The third-order valence-electron chi connectivity index (χ3n) is 4.01. The zero-order chi connectivity index (χ0) is 16.5. The lowest BCUT2D eigenvalue weighted by molar-refractivity contribution is -0.120. The number of carbonyl (C=O) groups excluding carboxylic acids is 1. The number of rotatable bonds is 7. The molecule has 1 aromatic rings. The summed E-state index contributed by atoms with van der Waals surface area (Å²) in [6, 6.07) is 6.16. The highest BCUT2D eigenvalue weighted by Gasteiger charge is 2.15. The number of likely N-dealkylation sites (tertiary alicyclic amines) is 1. The normalized spacial score (nSPS) is 16.8. The molecule has 126 valence electrons. The van der Waals surface area contributed by atoms with Crippen LogP contribution in [0.5, 0.6) is 0 Å². The summed E-state index contributed by atoms with van der Waals surface area (Å²) < 4.78 is 12.8. The van der Waals surface area contributed by atoms with E-state index in [1.54, 1.807) is 18.2 Å². The highest BCUT2D eigenvalue weighted by atomic mass is 19.1. The molecule has 0 saturated carbocycles. The van der Waals surface area contributed by atoms with Gasteiger partial charge in [0, 0.05) is 26.1 Å². The summed E-state index contributed by atoms with van der Waals surface area (Å²) in [5, 5.41) is 12.3. The van der Waals surface area contributed by atoms with Crippen LogP contribution in [-0.2, 0) is 4.79 Å². The molecule has 1 heterocycles. The fourth-order valence-electron chi connectivity index (χ4n) is 2.62. The highest BCUT2D eigenvalue weighted by Crippen LogP contribution is 2.09. The van der Waals surface area contributed by atoms with Crippen LogP contribution in [0.15, 0.2) is 30.3 Å². The van der Waals surface area contributed by atoms with Gasteiger partial charge in [0.1, 0.15) is 5.82 Å². The first-order valence-corrected chi connectivity index (χ1v) is 8.23. The smallest absolute Gasteiger partial charge is 0.223 e. The average molecular weight is 320 g/mol. The lowest BCUT2D eigenvalue weighted by atomic mass is 10.1. The van der Waals surface area contributed by atoms with Crippen molar-refractivity contribution in [3.05, 3.63) is 41.7 Å². The number of piperidine rings is 1. The molecule has 0 bridgehead atoms. The first kappa shape index (κ1) is 17.6. The number of hydrogen-bond donors (Lipinski definition) is 2. The van der Waals surface area contributed by atoms with E-state index in [1.165, 1.54) is 12.1 Å². The number of nitrogens with one attached hydrogen (secondary N) is 1. The number of carbonyl (C=O) groups is 1. The Morgan fingerprint density at radius 2 is 2.00 bits per heavy atom. The Hall–Kier alpha value is -1.72. The molecule has 1 saturated heterocycles. The van der Waals surface area contributed by atoms with Crippen LogP contribution in [0.1, 0.15) is 31.2 Å². The van der Waals surface area contributed by atoms with Gasteiger partial charge in [-0.3, -0.25) is 4.79 Å². The molecule has 0 radical (unpaired) electrons. The van der Waals surface area contributed by atoms with Crippen LogP contribution in [0.2, 0.25) is 0 Å². The number of nitrogens with zero attached hydrogens (tertiary/aromatic N) is 1. The third-order valence-corrected chi connectivity index (χ3v) is 4.01. The van der Waals surface area contributed by atoms with E-state index >= 15 is 0 Å². The number of hydrogen-bond acceptors (Lipinski definition) is 3. The van der Waals surface area contributed by atoms with Gasteiger partial charge in [-0.25, -0.2) is 4.39 Å². The van der Waals surface area contributed by atoms with Gasteiger partial charge >= 0.3 is 0 Å². The standard InChI is InChI=1S/C18H25FN2O2/c19-16-7-5-15(6-8-16)3-1-4-18(23)20-11-2-12-21-13-9-17(22)10-14-21/h1,3,5-8,17,22H,2,4,9-14H2,(H,20,23). The predicted octanol–water partition coefficient (Wildman–Crippen LogP) is 2.19. The van der Waals surface area contributed by atoms with Gasteiger partial charge in [0.25, 0.3) is 0 Å². The minimum absolute atomic E-state index is 0.00238. The Bertz CT molecular complexity index is 508. The molecule has 1 aliphatic heterocycles. The number of amides is 1.